The first-order chi connectivity index (χ1) is 9.33. The Hall–Kier alpha value is -0.450. The van der Waals surface area contributed by atoms with Crippen molar-refractivity contribution < 1.29 is 0 Å². The van der Waals surface area contributed by atoms with Gasteiger partial charge in [0.25, 0.3) is 0 Å². The molecular formula is C16H21IN2. The number of hydrogen-bond donors (Lipinski definition) is 1. The number of rotatable bonds is 0. The molecule has 1 saturated heterocycles. The third-order valence-corrected chi connectivity index (χ3v) is 5.93. The van der Waals surface area contributed by atoms with Gasteiger partial charge in [0.1, 0.15) is 0 Å². The van der Waals surface area contributed by atoms with Crippen LogP contribution in [0.2, 0.25) is 0 Å². The van der Waals surface area contributed by atoms with Gasteiger partial charge in [0.2, 0.25) is 0 Å². The summed E-state index contributed by atoms with van der Waals surface area (Å²) in [6.07, 6.45) is 8.58. The first-order valence-electron chi connectivity index (χ1n) is 7.65. The molecule has 2 fully saturated rings. The Bertz CT molecular complexity index is 488. The topological polar surface area (TPSA) is 15.3 Å². The number of nitrogens with zero attached hydrogens (tertiary/aromatic N) is 1. The molecule has 3 atom stereocenters. The van der Waals surface area contributed by atoms with Gasteiger partial charge in [-0.3, -0.25) is 0 Å². The highest BCUT2D eigenvalue weighted by Gasteiger charge is 2.40. The third-order valence-electron chi connectivity index (χ3n) is 5.26. The lowest BCUT2D eigenvalue weighted by Crippen LogP contribution is -2.56. The highest BCUT2D eigenvalue weighted by Crippen LogP contribution is 2.44. The SMILES string of the molecule is Ic1ccc2c(c1)NCC1CCC3CCCCC3N21. The lowest BCUT2D eigenvalue weighted by atomic mass is 9.75. The summed E-state index contributed by atoms with van der Waals surface area (Å²) in [5, 5.41) is 3.65. The summed E-state index contributed by atoms with van der Waals surface area (Å²) in [6, 6.07) is 8.45. The van der Waals surface area contributed by atoms with Crippen LogP contribution in [0, 0.1) is 9.49 Å². The van der Waals surface area contributed by atoms with Gasteiger partial charge in [0.15, 0.2) is 0 Å². The van der Waals surface area contributed by atoms with Crippen molar-refractivity contribution in [2.75, 3.05) is 16.8 Å². The summed E-state index contributed by atoms with van der Waals surface area (Å²) in [5.41, 5.74) is 2.82. The minimum atomic E-state index is 0.729. The van der Waals surface area contributed by atoms with Crippen LogP contribution < -0.4 is 10.2 Å². The average Bonchev–Trinajstić information content (AvgIpc) is 2.46. The zero-order chi connectivity index (χ0) is 12.8. The molecule has 102 valence electrons. The van der Waals surface area contributed by atoms with Crippen molar-refractivity contribution in [2.45, 2.75) is 50.6 Å². The fraction of sp³-hybridized carbons (Fsp3) is 0.625. The summed E-state index contributed by atoms with van der Waals surface area (Å²) in [4.78, 5) is 2.79. The second-order valence-corrected chi connectivity index (χ2v) is 7.54. The van der Waals surface area contributed by atoms with E-state index >= 15 is 0 Å². The maximum atomic E-state index is 3.65. The Balaban J connectivity index is 1.74. The molecule has 0 bridgehead atoms. The number of benzene rings is 1. The van der Waals surface area contributed by atoms with E-state index in [1.165, 1.54) is 53.5 Å². The second-order valence-electron chi connectivity index (χ2n) is 6.29. The van der Waals surface area contributed by atoms with Crippen LogP contribution in [0.4, 0.5) is 11.4 Å². The fourth-order valence-electron chi connectivity index (χ4n) is 4.39. The van der Waals surface area contributed by atoms with E-state index in [4.69, 9.17) is 0 Å². The Kier molecular flexibility index (Phi) is 3.13. The standard InChI is InChI=1S/C16H21IN2/c17-12-6-8-16-14(9-12)18-10-13-7-5-11-3-1-2-4-15(11)19(13)16/h6,8-9,11,13,15,18H,1-5,7,10H2. The van der Waals surface area contributed by atoms with E-state index in [1.54, 1.807) is 0 Å². The third kappa shape index (κ3) is 2.05. The van der Waals surface area contributed by atoms with E-state index in [9.17, 15) is 0 Å². The molecule has 3 unspecified atom stereocenters. The molecule has 1 aromatic carbocycles. The van der Waals surface area contributed by atoms with E-state index in [2.05, 4.69) is 51.0 Å². The fourth-order valence-corrected chi connectivity index (χ4v) is 4.88. The predicted octanol–water partition coefficient (Wildman–Crippen LogP) is 4.24. The van der Waals surface area contributed by atoms with Gasteiger partial charge in [-0.05, 0) is 72.4 Å². The Morgan fingerprint density at radius 3 is 2.95 bits per heavy atom. The molecule has 3 heteroatoms. The molecular weight excluding hydrogens is 347 g/mol. The van der Waals surface area contributed by atoms with Crippen LogP contribution in [0.5, 0.6) is 0 Å². The number of fused-ring (bicyclic) bond motifs is 5. The Labute approximate surface area is 129 Å². The molecule has 0 aromatic heterocycles. The minimum Gasteiger partial charge on any atom is -0.381 e. The molecule has 4 rings (SSSR count). The first-order valence-corrected chi connectivity index (χ1v) is 8.72. The molecule has 1 aromatic rings. The summed E-state index contributed by atoms with van der Waals surface area (Å²) in [6.45, 7) is 1.14. The highest BCUT2D eigenvalue weighted by molar-refractivity contribution is 14.1. The number of hydrogen-bond acceptors (Lipinski definition) is 2. The predicted molar refractivity (Wildman–Crippen MR) is 88.9 cm³/mol. The first kappa shape index (κ1) is 12.3. The monoisotopic (exact) mass is 368 g/mol. The van der Waals surface area contributed by atoms with Crippen molar-refractivity contribution in [1.82, 2.24) is 0 Å². The van der Waals surface area contributed by atoms with Crippen LogP contribution in [0.1, 0.15) is 38.5 Å². The molecule has 0 spiro atoms. The van der Waals surface area contributed by atoms with Crippen molar-refractivity contribution in [2.24, 2.45) is 5.92 Å². The van der Waals surface area contributed by atoms with Gasteiger partial charge in [0, 0.05) is 22.2 Å². The van der Waals surface area contributed by atoms with Gasteiger partial charge >= 0.3 is 0 Å². The quantitative estimate of drug-likeness (QED) is 0.689. The molecule has 1 aliphatic carbocycles. The zero-order valence-corrected chi connectivity index (χ0v) is 13.4. The second kappa shape index (κ2) is 4.83. The van der Waals surface area contributed by atoms with Crippen molar-refractivity contribution in [3.05, 3.63) is 21.8 Å². The van der Waals surface area contributed by atoms with E-state index in [1.807, 2.05) is 0 Å². The Morgan fingerprint density at radius 2 is 2.00 bits per heavy atom. The molecule has 1 saturated carbocycles. The lowest BCUT2D eigenvalue weighted by molar-refractivity contribution is 0.215. The number of halogens is 1. The van der Waals surface area contributed by atoms with Crippen molar-refractivity contribution in [1.29, 1.82) is 0 Å². The van der Waals surface area contributed by atoms with E-state index in [-0.39, 0.29) is 0 Å². The summed E-state index contributed by atoms with van der Waals surface area (Å²) in [7, 11) is 0. The van der Waals surface area contributed by atoms with Crippen LogP contribution in [-0.2, 0) is 0 Å². The maximum absolute atomic E-state index is 3.65. The van der Waals surface area contributed by atoms with Crippen LogP contribution >= 0.6 is 22.6 Å². The van der Waals surface area contributed by atoms with Crippen LogP contribution in [0.3, 0.4) is 0 Å². The van der Waals surface area contributed by atoms with Gasteiger partial charge in [-0.2, -0.15) is 0 Å². The van der Waals surface area contributed by atoms with Gasteiger partial charge in [0.05, 0.1) is 11.4 Å². The van der Waals surface area contributed by atoms with Crippen LogP contribution in [0.25, 0.3) is 0 Å². The number of nitrogens with one attached hydrogen (secondary N) is 1. The molecule has 2 nitrogen and oxygen atoms in total. The van der Waals surface area contributed by atoms with E-state index in [0.29, 0.717) is 0 Å². The minimum absolute atomic E-state index is 0.729. The maximum Gasteiger partial charge on any atom is 0.0608 e. The van der Waals surface area contributed by atoms with Gasteiger partial charge in [-0.15, -0.1) is 0 Å². The smallest absolute Gasteiger partial charge is 0.0608 e. The molecule has 0 amide bonds. The van der Waals surface area contributed by atoms with E-state index < -0.39 is 0 Å². The molecule has 2 aliphatic heterocycles. The summed E-state index contributed by atoms with van der Waals surface area (Å²) >= 11 is 2.41. The van der Waals surface area contributed by atoms with Crippen molar-refractivity contribution in [3.63, 3.8) is 0 Å². The summed E-state index contributed by atoms with van der Waals surface area (Å²) in [5.74, 6) is 0.954. The molecule has 2 heterocycles. The van der Waals surface area contributed by atoms with Gasteiger partial charge in [-0.25, -0.2) is 0 Å². The normalized spacial score (nSPS) is 32.9. The lowest BCUT2D eigenvalue weighted by Gasteiger charge is -2.52. The molecule has 19 heavy (non-hydrogen) atoms. The van der Waals surface area contributed by atoms with Crippen LogP contribution in [-0.4, -0.2) is 18.6 Å². The highest BCUT2D eigenvalue weighted by atomic mass is 127. The molecule has 3 aliphatic rings. The average molecular weight is 368 g/mol. The Morgan fingerprint density at radius 1 is 1.11 bits per heavy atom. The van der Waals surface area contributed by atoms with Crippen LogP contribution in [0.15, 0.2) is 18.2 Å². The van der Waals surface area contributed by atoms with Crippen molar-refractivity contribution >= 4 is 34.0 Å². The van der Waals surface area contributed by atoms with Gasteiger partial charge < -0.3 is 10.2 Å². The molecule has 1 N–H and O–H groups in total. The number of anilines is 2. The zero-order valence-electron chi connectivity index (χ0n) is 11.2. The molecule has 0 radical (unpaired) electrons. The van der Waals surface area contributed by atoms with E-state index in [0.717, 1.165) is 24.5 Å². The largest absolute Gasteiger partial charge is 0.381 e. The van der Waals surface area contributed by atoms with Gasteiger partial charge in [-0.1, -0.05) is 12.8 Å². The van der Waals surface area contributed by atoms with Crippen molar-refractivity contribution in [3.8, 4) is 0 Å². The summed E-state index contributed by atoms with van der Waals surface area (Å²) < 4.78 is 1.33. The number of piperidine rings is 1.